The van der Waals surface area contributed by atoms with Gasteiger partial charge in [0.2, 0.25) is 0 Å². The van der Waals surface area contributed by atoms with Crippen LogP contribution in [-0.2, 0) is 19.4 Å². The van der Waals surface area contributed by atoms with E-state index < -0.39 is 0 Å². The van der Waals surface area contributed by atoms with Gasteiger partial charge in [0, 0.05) is 44.0 Å². The smallest absolute Gasteiger partial charge is 0.255 e. The largest absolute Gasteiger partial charge is 0.322 e. The van der Waals surface area contributed by atoms with Gasteiger partial charge in [-0.05, 0) is 66.8 Å². The quantitative estimate of drug-likeness (QED) is 0.882. The molecule has 0 saturated carbocycles. The fourth-order valence-electron chi connectivity index (χ4n) is 4.13. The third-order valence-corrected chi connectivity index (χ3v) is 5.89. The number of carbonyl (C=O) groups excluding carboxylic acids is 1. The number of nitrogens with zero attached hydrogens (tertiary/aromatic N) is 2. The summed E-state index contributed by atoms with van der Waals surface area (Å²) in [7, 11) is 0. The zero-order valence-electron chi connectivity index (χ0n) is 16.2. The molecule has 1 aliphatic heterocycles. The first-order valence-electron chi connectivity index (χ1n) is 10.2. The van der Waals surface area contributed by atoms with Gasteiger partial charge in [0.25, 0.3) is 5.91 Å². The Morgan fingerprint density at radius 3 is 2.37 bits per heavy atom. The molecule has 1 N–H and O–H groups in total. The monoisotopic (exact) mass is 363 g/mol. The number of aryl methyl sites for hydroxylation is 2. The molecule has 4 nitrogen and oxygen atoms in total. The predicted molar refractivity (Wildman–Crippen MR) is 110 cm³/mol. The molecule has 27 heavy (non-hydrogen) atoms. The van der Waals surface area contributed by atoms with Gasteiger partial charge in [0.15, 0.2) is 0 Å². The molecule has 1 amide bonds. The second-order valence-corrected chi connectivity index (χ2v) is 7.70. The zero-order chi connectivity index (χ0) is 18.6. The van der Waals surface area contributed by atoms with Crippen molar-refractivity contribution in [2.24, 2.45) is 0 Å². The number of fused-ring (bicyclic) bond motifs is 1. The van der Waals surface area contributed by atoms with Crippen LogP contribution in [0.25, 0.3) is 0 Å². The molecule has 2 aliphatic rings. The molecular weight excluding hydrogens is 334 g/mol. The highest BCUT2D eigenvalue weighted by Crippen LogP contribution is 2.23. The second-order valence-electron chi connectivity index (χ2n) is 7.70. The summed E-state index contributed by atoms with van der Waals surface area (Å²) in [4.78, 5) is 17.5. The molecule has 1 saturated heterocycles. The Morgan fingerprint density at radius 1 is 0.926 bits per heavy atom. The first kappa shape index (κ1) is 18.2. The Morgan fingerprint density at radius 2 is 1.63 bits per heavy atom. The van der Waals surface area contributed by atoms with Gasteiger partial charge in [-0.2, -0.15) is 0 Å². The van der Waals surface area contributed by atoms with Gasteiger partial charge in [-0.25, -0.2) is 0 Å². The van der Waals surface area contributed by atoms with Gasteiger partial charge in [-0.15, -0.1) is 0 Å². The first-order chi connectivity index (χ1) is 13.2. The number of benzene rings is 2. The summed E-state index contributed by atoms with van der Waals surface area (Å²) >= 11 is 0. The molecule has 4 rings (SSSR count). The van der Waals surface area contributed by atoms with Crippen molar-refractivity contribution < 1.29 is 4.79 Å². The summed E-state index contributed by atoms with van der Waals surface area (Å²) in [6.45, 7) is 8.93. The standard InChI is InChI=1S/C23H29N3O/c1-2-25-12-14-26(15-13-25)17-18-6-10-22(11-7-18)24-23(27)21-9-8-19-4-3-5-20(19)16-21/h6-11,16H,2-5,12-15,17H2,1H3,(H,24,27). The molecule has 0 bridgehead atoms. The van der Waals surface area contributed by atoms with Crippen LogP contribution in [0.4, 0.5) is 5.69 Å². The van der Waals surface area contributed by atoms with Crippen LogP contribution in [0.15, 0.2) is 42.5 Å². The fraction of sp³-hybridized carbons (Fsp3) is 0.435. The van der Waals surface area contributed by atoms with Crippen molar-refractivity contribution in [2.45, 2.75) is 32.7 Å². The lowest BCUT2D eigenvalue weighted by Crippen LogP contribution is -2.45. The van der Waals surface area contributed by atoms with Gasteiger partial charge in [0.1, 0.15) is 0 Å². The minimum Gasteiger partial charge on any atom is -0.322 e. The number of piperazine rings is 1. The molecular formula is C23H29N3O. The lowest BCUT2D eigenvalue weighted by molar-refractivity contribution is 0.102. The Kier molecular flexibility index (Phi) is 5.55. The first-order valence-corrected chi connectivity index (χ1v) is 10.2. The summed E-state index contributed by atoms with van der Waals surface area (Å²) in [6, 6.07) is 14.4. The second kappa shape index (κ2) is 8.24. The van der Waals surface area contributed by atoms with Gasteiger partial charge in [0.05, 0.1) is 0 Å². The average Bonchev–Trinajstić information content (AvgIpc) is 3.18. The number of anilines is 1. The maximum absolute atomic E-state index is 12.6. The maximum atomic E-state index is 12.6. The minimum atomic E-state index is -0.0202. The van der Waals surface area contributed by atoms with E-state index in [2.05, 4.69) is 46.3 Å². The van der Waals surface area contributed by atoms with Crippen molar-refractivity contribution in [1.82, 2.24) is 9.80 Å². The van der Waals surface area contributed by atoms with E-state index in [0.29, 0.717) is 0 Å². The van der Waals surface area contributed by atoms with Crippen molar-refractivity contribution in [2.75, 3.05) is 38.0 Å². The van der Waals surface area contributed by atoms with E-state index in [1.54, 1.807) is 0 Å². The van der Waals surface area contributed by atoms with Crippen molar-refractivity contribution in [3.05, 3.63) is 64.7 Å². The number of hydrogen-bond acceptors (Lipinski definition) is 3. The van der Waals surface area contributed by atoms with Crippen LogP contribution >= 0.6 is 0 Å². The summed E-state index contributed by atoms with van der Waals surface area (Å²) in [5, 5.41) is 3.03. The molecule has 2 aromatic carbocycles. The van der Waals surface area contributed by atoms with Crippen LogP contribution in [0.1, 0.15) is 40.4 Å². The third-order valence-electron chi connectivity index (χ3n) is 5.89. The molecule has 1 heterocycles. The van der Waals surface area contributed by atoms with Crippen LogP contribution < -0.4 is 5.32 Å². The maximum Gasteiger partial charge on any atom is 0.255 e. The van der Waals surface area contributed by atoms with E-state index in [1.165, 1.54) is 23.1 Å². The molecule has 0 spiro atoms. The van der Waals surface area contributed by atoms with E-state index in [0.717, 1.165) is 63.4 Å². The lowest BCUT2D eigenvalue weighted by Gasteiger charge is -2.34. The zero-order valence-corrected chi connectivity index (χ0v) is 16.2. The Hall–Kier alpha value is -2.17. The highest BCUT2D eigenvalue weighted by atomic mass is 16.1. The summed E-state index contributed by atoms with van der Waals surface area (Å²) < 4.78 is 0. The van der Waals surface area contributed by atoms with Crippen LogP contribution in [0.2, 0.25) is 0 Å². The van der Waals surface area contributed by atoms with Crippen LogP contribution in [0.3, 0.4) is 0 Å². The third kappa shape index (κ3) is 4.40. The number of hydrogen-bond donors (Lipinski definition) is 1. The predicted octanol–water partition coefficient (Wildman–Crippen LogP) is 3.57. The van der Waals surface area contributed by atoms with Gasteiger partial charge < -0.3 is 10.2 Å². The Labute approximate surface area is 162 Å². The van der Waals surface area contributed by atoms with E-state index in [4.69, 9.17) is 0 Å². The van der Waals surface area contributed by atoms with E-state index in [9.17, 15) is 4.79 Å². The highest BCUT2D eigenvalue weighted by Gasteiger charge is 2.16. The summed E-state index contributed by atoms with van der Waals surface area (Å²) in [5.74, 6) is -0.0202. The van der Waals surface area contributed by atoms with Crippen molar-refractivity contribution >= 4 is 11.6 Å². The van der Waals surface area contributed by atoms with Crippen LogP contribution in [0.5, 0.6) is 0 Å². The van der Waals surface area contributed by atoms with Crippen molar-refractivity contribution in [3.63, 3.8) is 0 Å². The van der Waals surface area contributed by atoms with Crippen LogP contribution in [0, 0.1) is 0 Å². The molecule has 1 aliphatic carbocycles. The number of rotatable bonds is 5. The fourth-order valence-corrected chi connectivity index (χ4v) is 4.13. The van der Waals surface area contributed by atoms with Gasteiger partial charge in [-0.3, -0.25) is 9.69 Å². The number of likely N-dealkylation sites (N-methyl/N-ethyl adjacent to an activating group) is 1. The molecule has 4 heteroatoms. The van der Waals surface area contributed by atoms with Crippen LogP contribution in [-0.4, -0.2) is 48.4 Å². The highest BCUT2D eigenvalue weighted by molar-refractivity contribution is 6.04. The molecule has 0 atom stereocenters. The summed E-state index contributed by atoms with van der Waals surface area (Å²) in [5.41, 5.74) is 5.65. The van der Waals surface area contributed by atoms with E-state index in [1.807, 2.05) is 18.2 Å². The molecule has 2 aromatic rings. The number of amides is 1. The molecule has 142 valence electrons. The molecule has 0 radical (unpaired) electrons. The minimum absolute atomic E-state index is 0.0202. The molecule has 0 unspecified atom stereocenters. The SMILES string of the molecule is CCN1CCN(Cc2ccc(NC(=O)c3ccc4c(c3)CCC4)cc2)CC1. The molecule has 0 aromatic heterocycles. The van der Waals surface area contributed by atoms with E-state index in [-0.39, 0.29) is 5.91 Å². The van der Waals surface area contributed by atoms with Crippen molar-refractivity contribution in [1.29, 1.82) is 0 Å². The number of carbonyl (C=O) groups is 1. The van der Waals surface area contributed by atoms with Gasteiger partial charge in [-0.1, -0.05) is 25.1 Å². The van der Waals surface area contributed by atoms with E-state index >= 15 is 0 Å². The normalized spacial score (nSPS) is 17.7. The summed E-state index contributed by atoms with van der Waals surface area (Å²) in [6.07, 6.45) is 3.44. The Balaban J connectivity index is 1.33. The lowest BCUT2D eigenvalue weighted by atomic mass is 10.1. The topological polar surface area (TPSA) is 35.6 Å². The Bertz CT molecular complexity index is 792. The number of nitrogens with one attached hydrogen (secondary N) is 1. The van der Waals surface area contributed by atoms with Crippen molar-refractivity contribution in [3.8, 4) is 0 Å². The molecule has 1 fully saturated rings. The average molecular weight is 364 g/mol. The van der Waals surface area contributed by atoms with Gasteiger partial charge >= 0.3 is 0 Å².